The van der Waals surface area contributed by atoms with Gasteiger partial charge in [0.25, 0.3) is 0 Å². The minimum Gasteiger partial charge on any atom is -0.454 e. The van der Waals surface area contributed by atoms with Gasteiger partial charge in [0.2, 0.25) is 0 Å². The van der Waals surface area contributed by atoms with Gasteiger partial charge in [-0.2, -0.15) is 0 Å². The molecule has 0 aliphatic carbocycles. The van der Waals surface area contributed by atoms with Gasteiger partial charge < -0.3 is 9.15 Å². The van der Waals surface area contributed by atoms with Gasteiger partial charge >= 0.3 is 0 Å². The van der Waals surface area contributed by atoms with E-state index in [2.05, 4.69) is 15.9 Å². The van der Waals surface area contributed by atoms with Crippen LogP contribution in [0.25, 0.3) is 0 Å². The van der Waals surface area contributed by atoms with E-state index in [1.807, 2.05) is 12.1 Å². The first kappa shape index (κ1) is 11.5. The minimum atomic E-state index is -0.211. The molecule has 4 heteroatoms. The molecular weight excluding hydrogens is 279 g/mol. The molecular formula is C11H14BrClO2. The zero-order valence-corrected chi connectivity index (χ0v) is 10.8. The number of rotatable bonds is 3. The van der Waals surface area contributed by atoms with Crippen molar-refractivity contribution in [3.63, 3.8) is 0 Å². The monoisotopic (exact) mass is 292 g/mol. The van der Waals surface area contributed by atoms with Crippen molar-refractivity contribution >= 4 is 27.5 Å². The summed E-state index contributed by atoms with van der Waals surface area (Å²) in [6, 6.07) is 3.87. The molecule has 1 aromatic heterocycles. The molecule has 0 amide bonds. The van der Waals surface area contributed by atoms with E-state index in [1.165, 1.54) is 6.42 Å². The largest absolute Gasteiger partial charge is 0.454 e. The Bertz CT molecular complexity index is 318. The van der Waals surface area contributed by atoms with Crippen LogP contribution in [0, 0.1) is 0 Å². The maximum atomic E-state index is 6.02. The summed E-state index contributed by atoms with van der Waals surface area (Å²) < 4.78 is 12.1. The summed E-state index contributed by atoms with van der Waals surface area (Å²) in [5.41, 5.74) is -0.211. The lowest BCUT2D eigenvalue weighted by Gasteiger charge is -2.35. The quantitative estimate of drug-likeness (QED) is 0.792. The Hall–Kier alpha value is 0.01000. The Kier molecular flexibility index (Phi) is 3.75. The summed E-state index contributed by atoms with van der Waals surface area (Å²) in [6.07, 6.45) is 4.12. The number of furan rings is 1. The SMILES string of the molecule is ClCC1(Cc2ccc(Br)o2)CCCCO1. The fourth-order valence-corrected chi connectivity index (χ4v) is 2.61. The van der Waals surface area contributed by atoms with Gasteiger partial charge in [0.1, 0.15) is 5.76 Å². The van der Waals surface area contributed by atoms with Crippen LogP contribution in [0.4, 0.5) is 0 Å². The molecule has 84 valence electrons. The lowest BCUT2D eigenvalue weighted by atomic mass is 9.91. The summed E-state index contributed by atoms with van der Waals surface area (Å²) in [6.45, 7) is 0.814. The first-order chi connectivity index (χ1) is 7.24. The molecule has 0 aromatic carbocycles. The molecule has 15 heavy (non-hydrogen) atoms. The minimum absolute atomic E-state index is 0.211. The third kappa shape index (κ3) is 2.77. The van der Waals surface area contributed by atoms with Gasteiger partial charge in [-0.3, -0.25) is 0 Å². The van der Waals surface area contributed by atoms with Crippen LogP contribution in [0.3, 0.4) is 0 Å². The lowest BCUT2D eigenvalue weighted by Crippen LogP contribution is -2.40. The molecule has 1 aliphatic heterocycles. The molecule has 1 aromatic rings. The third-order valence-electron chi connectivity index (χ3n) is 2.80. The van der Waals surface area contributed by atoms with Crippen molar-refractivity contribution in [1.82, 2.24) is 0 Å². The summed E-state index contributed by atoms with van der Waals surface area (Å²) in [7, 11) is 0. The van der Waals surface area contributed by atoms with Crippen LogP contribution in [0.15, 0.2) is 21.2 Å². The molecule has 2 rings (SSSR count). The highest BCUT2D eigenvalue weighted by molar-refractivity contribution is 9.10. The Morgan fingerprint density at radius 3 is 2.80 bits per heavy atom. The predicted octanol–water partition coefficient (Wildman–Crippen LogP) is 3.76. The Morgan fingerprint density at radius 2 is 2.27 bits per heavy atom. The molecule has 1 saturated heterocycles. The van der Waals surface area contributed by atoms with E-state index in [0.29, 0.717) is 5.88 Å². The van der Waals surface area contributed by atoms with Crippen molar-refractivity contribution in [2.75, 3.05) is 12.5 Å². The molecule has 0 spiro atoms. The van der Waals surface area contributed by atoms with E-state index in [4.69, 9.17) is 20.8 Å². The molecule has 0 N–H and O–H groups in total. The van der Waals surface area contributed by atoms with E-state index >= 15 is 0 Å². The van der Waals surface area contributed by atoms with E-state index < -0.39 is 0 Å². The highest BCUT2D eigenvalue weighted by Crippen LogP contribution is 2.31. The van der Waals surface area contributed by atoms with Crippen LogP contribution in [0.5, 0.6) is 0 Å². The maximum Gasteiger partial charge on any atom is 0.169 e. The number of hydrogen-bond donors (Lipinski definition) is 0. The molecule has 1 atom stereocenters. The zero-order valence-electron chi connectivity index (χ0n) is 8.47. The average Bonchev–Trinajstić information content (AvgIpc) is 2.65. The predicted molar refractivity (Wildman–Crippen MR) is 63.4 cm³/mol. The van der Waals surface area contributed by atoms with E-state index in [9.17, 15) is 0 Å². The van der Waals surface area contributed by atoms with Gasteiger partial charge in [0, 0.05) is 13.0 Å². The molecule has 0 bridgehead atoms. The molecule has 2 heterocycles. The van der Waals surface area contributed by atoms with Gasteiger partial charge in [-0.15, -0.1) is 11.6 Å². The summed E-state index contributed by atoms with van der Waals surface area (Å²) >= 11 is 9.31. The Labute approximate surface area is 103 Å². The summed E-state index contributed by atoms with van der Waals surface area (Å²) in [4.78, 5) is 0. The second-order valence-electron chi connectivity index (χ2n) is 4.00. The van der Waals surface area contributed by atoms with Crippen molar-refractivity contribution in [2.45, 2.75) is 31.3 Å². The molecule has 0 radical (unpaired) electrons. The lowest BCUT2D eigenvalue weighted by molar-refractivity contribution is -0.0642. The number of alkyl halides is 1. The van der Waals surface area contributed by atoms with Crippen molar-refractivity contribution in [1.29, 1.82) is 0 Å². The number of hydrogen-bond acceptors (Lipinski definition) is 2. The molecule has 0 saturated carbocycles. The normalized spacial score (nSPS) is 26.8. The average molecular weight is 294 g/mol. The second-order valence-corrected chi connectivity index (χ2v) is 5.05. The van der Waals surface area contributed by atoms with Crippen LogP contribution < -0.4 is 0 Å². The highest BCUT2D eigenvalue weighted by atomic mass is 79.9. The molecule has 1 unspecified atom stereocenters. The zero-order chi connectivity index (χ0) is 10.7. The van der Waals surface area contributed by atoms with Crippen molar-refractivity contribution in [2.24, 2.45) is 0 Å². The van der Waals surface area contributed by atoms with Crippen LogP contribution in [-0.4, -0.2) is 18.1 Å². The summed E-state index contributed by atoms with van der Waals surface area (Å²) in [5, 5.41) is 0. The van der Waals surface area contributed by atoms with Crippen LogP contribution in [-0.2, 0) is 11.2 Å². The van der Waals surface area contributed by atoms with Crippen LogP contribution in [0.2, 0.25) is 0 Å². The van der Waals surface area contributed by atoms with Gasteiger partial charge in [-0.05, 0) is 47.3 Å². The Balaban J connectivity index is 2.06. The topological polar surface area (TPSA) is 22.4 Å². The first-order valence-corrected chi connectivity index (χ1v) is 6.51. The van der Waals surface area contributed by atoms with Crippen LogP contribution >= 0.6 is 27.5 Å². The second kappa shape index (κ2) is 4.89. The van der Waals surface area contributed by atoms with Crippen molar-refractivity contribution in [3.8, 4) is 0 Å². The summed E-state index contributed by atoms with van der Waals surface area (Å²) in [5.74, 6) is 1.47. The van der Waals surface area contributed by atoms with Gasteiger partial charge in [-0.25, -0.2) is 0 Å². The van der Waals surface area contributed by atoms with Crippen molar-refractivity contribution in [3.05, 3.63) is 22.6 Å². The molecule has 1 fully saturated rings. The third-order valence-corrected chi connectivity index (χ3v) is 3.72. The van der Waals surface area contributed by atoms with E-state index in [-0.39, 0.29) is 5.60 Å². The fraction of sp³-hybridized carbons (Fsp3) is 0.636. The first-order valence-electron chi connectivity index (χ1n) is 5.18. The number of ether oxygens (including phenoxy) is 1. The van der Waals surface area contributed by atoms with E-state index in [1.54, 1.807) is 0 Å². The van der Waals surface area contributed by atoms with E-state index in [0.717, 1.165) is 36.3 Å². The molecule has 1 aliphatic rings. The molecule has 2 nitrogen and oxygen atoms in total. The maximum absolute atomic E-state index is 6.02. The van der Waals surface area contributed by atoms with Gasteiger partial charge in [0.05, 0.1) is 11.5 Å². The van der Waals surface area contributed by atoms with Crippen molar-refractivity contribution < 1.29 is 9.15 Å². The number of halogens is 2. The fourth-order valence-electron chi connectivity index (χ4n) is 1.97. The van der Waals surface area contributed by atoms with Gasteiger partial charge in [0.15, 0.2) is 4.67 Å². The Morgan fingerprint density at radius 1 is 1.40 bits per heavy atom. The highest BCUT2D eigenvalue weighted by Gasteiger charge is 2.33. The standard InChI is InChI=1S/C11H14BrClO2/c12-10-4-3-9(15-10)7-11(8-13)5-1-2-6-14-11/h3-4H,1-2,5-8H2. The smallest absolute Gasteiger partial charge is 0.169 e. The van der Waals surface area contributed by atoms with Gasteiger partial charge in [-0.1, -0.05) is 0 Å². The van der Waals surface area contributed by atoms with Crippen LogP contribution in [0.1, 0.15) is 25.0 Å².